The number of anilines is 2. The molecule has 0 spiro atoms. The molecule has 47 heavy (non-hydrogen) atoms. The molecule has 1 atom stereocenters. The van der Waals surface area contributed by atoms with Crippen molar-refractivity contribution >= 4 is 44.2 Å². The zero-order valence-electron chi connectivity index (χ0n) is 25.4. The summed E-state index contributed by atoms with van der Waals surface area (Å²) in [4.78, 5) is 18.9. The summed E-state index contributed by atoms with van der Waals surface area (Å²) in [7, 11) is -3.33. The van der Waals surface area contributed by atoms with Gasteiger partial charge >= 0.3 is 6.18 Å². The summed E-state index contributed by atoms with van der Waals surface area (Å²) >= 11 is 6.14. The molecule has 0 amide bonds. The smallest absolute Gasteiger partial charge is 0.381 e. The molecule has 11 nitrogen and oxygen atoms in total. The highest BCUT2D eigenvalue weighted by Crippen LogP contribution is 2.34. The van der Waals surface area contributed by atoms with Crippen molar-refractivity contribution in [2.24, 2.45) is 0 Å². The molecule has 2 aromatic carbocycles. The number of nitrogens with zero attached hydrogens (tertiary/aromatic N) is 4. The molecule has 1 aliphatic heterocycles. The topological polar surface area (TPSA) is 140 Å². The Bertz CT molecular complexity index is 2020. The van der Waals surface area contributed by atoms with Crippen LogP contribution in [0, 0.1) is 0 Å². The van der Waals surface area contributed by atoms with Crippen molar-refractivity contribution in [3.63, 3.8) is 0 Å². The van der Waals surface area contributed by atoms with Gasteiger partial charge in [-0.05, 0) is 42.7 Å². The first-order valence-electron chi connectivity index (χ1n) is 14.6. The summed E-state index contributed by atoms with van der Waals surface area (Å²) in [6.07, 6.45) is -0.756. The van der Waals surface area contributed by atoms with E-state index in [1.54, 1.807) is 28.8 Å². The van der Waals surface area contributed by atoms with Crippen LogP contribution in [0.5, 0.6) is 0 Å². The molecule has 5 rings (SSSR count). The molecule has 0 bridgehead atoms. The molecule has 0 saturated carbocycles. The Kier molecular flexibility index (Phi) is 10.1. The molecule has 16 heteroatoms. The monoisotopic (exact) mass is 692 g/mol. The van der Waals surface area contributed by atoms with Crippen LogP contribution in [0.25, 0.3) is 22.5 Å². The van der Waals surface area contributed by atoms with Crippen molar-refractivity contribution < 1.29 is 31.4 Å². The molecule has 2 aromatic heterocycles. The molecular formula is C31H32ClF3N6O5S. The molecule has 250 valence electrons. The molecule has 1 unspecified atom stereocenters. The highest BCUT2D eigenvalue weighted by atomic mass is 35.5. The highest BCUT2D eigenvalue weighted by Gasteiger charge is 2.31. The lowest BCUT2D eigenvalue weighted by molar-refractivity contribution is -0.137. The van der Waals surface area contributed by atoms with E-state index in [1.807, 2.05) is 13.0 Å². The van der Waals surface area contributed by atoms with E-state index in [4.69, 9.17) is 16.3 Å². The third-order valence-electron chi connectivity index (χ3n) is 7.36. The van der Waals surface area contributed by atoms with Crippen molar-refractivity contribution in [1.82, 2.24) is 19.2 Å². The van der Waals surface area contributed by atoms with E-state index in [-0.39, 0.29) is 35.1 Å². The summed E-state index contributed by atoms with van der Waals surface area (Å²) in [5.74, 6) is 0.475. The van der Waals surface area contributed by atoms with E-state index in [1.165, 1.54) is 6.08 Å². The van der Waals surface area contributed by atoms with Crippen molar-refractivity contribution in [2.45, 2.75) is 38.7 Å². The van der Waals surface area contributed by atoms with Gasteiger partial charge in [0.25, 0.3) is 5.56 Å². The molecule has 3 N–H and O–H groups in total. The number of nitrogens with one attached hydrogen (secondary N) is 2. The van der Waals surface area contributed by atoms with Gasteiger partial charge in [0.1, 0.15) is 6.23 Å². The van der Waals surface area contributed by atoms with E-state index < -0.39 is 33.4 Å². The van der Waals surface area contributed by atoms with Gasteiger partial charge in [-0.25, -0.2) is 8.42 Å². The van der Waals surface area contributed by atoms with E-state index in [0.29, 0.717) is 48.8 Å². The number of rotatable bonds is 11. The third kappa shape index (κ3) is 7.87. The Labute approximate surface area is 273 Å². The Morgan fingerprint density at radius 3 is 2.62 bits per heavy atom. The summed E-state index contributed by atoms with van der Waals surface area (Å²) in [5.41, 5.74) is 1.30. The van der Waals surface area contributed by atoms with Gasteiger partial charge < -0.3 is 25.0 Å². The van der Waals surface area contributed by atoms with Crippen molar-refractivity contribution in [3.8, 4) is 11.1 Å². The number of fused-ring (bicyclic) bond motifs is 1. The second kappa shape index (κ2) is 13.9. The van der Waals surface area contributed by atoms with Gasteiger partial charge in [0.15, 0.2) is 15.7 Å². The number of sulfone groups is 1. The minimum Gasteiger partial charge on any atom is -0.381 e. The molecule has 0 radical (unpaired) electrons. The van der Waals surface area contributed by atoms with Crippen molar-refractivity contribution in [1.29, 1.82) is 0 Å². The second-order valence-corrected chi connectivity index (χ2v) is 13.1. The normalized spacial score (nSPS) is 14.8. The van der Waals surface area contributed by atoms with Gasteiger partial charge in [-0.1, -0.05) is 48.9 Å². The minimum absolute atomic E-state index is 0.0775. The molecule has 1 aliphatic rings. The third-order valence-corrected chi connectivity index (χ3v) is 8.36. The number of hydrogen-bond donors (Lipinski definition) is 3. The zero-order valence-corrected chi connectivity index (χ0v) is 27.0. The van der Waals surface area contributed by atoms with E-state index in [9.17, 15) is 31.5 Å². The molecular weight excluding hydrogens is 661 g/mol. The van der Waals surface area contributed by atoms with E-state index >= 15 is 0 Å². The maximum atomic E-state index is 14.2. The van der Waals surface area contributed by atoms with E-state index in [2.05, 4.69) is 20.7 Å². The number of aliphatic hydroxyl groups excluding tert-OH is 1. The number of hydrogen-bond acceptors (Lipinski definition) is 9. The first kappa shape index (κ1) is 34.2. The zero-order chi connectivity index (χ0) is 33.9. The summed E-state index contributed by atoms with van der Waals surface area (Å²) in [5, 5.41) is 22.5. The van der Waals surface area contributed by atoms with Crippen LogP contribution in [0.1, 0.15) is 30.4 Å². The van der Waals surface area contributed by atoms with Crippen molar-refractivity contribution in [2.75, 3.05) is 36.6 Å². The summed E-state index contributed by atoms with van der Waals surface area (Å²) in [6, 6.07) is 9.77. The highest BCUT2D eigenvalue weighted by molar-refractivity contribution is 7.93. The van der Waals surface area contributed by atoms with Gasteiger partial charge in [-0.15, -0.1) is 5.10 Å². The SMILES string of the molecule is CCc1c(-c2ccccc2NC/C=C\S(C)(=O)=O)c(=O)n2nc(C3=CCOCC3)nc2n1CC(O)Nc1ccc(C(F)(F)F)cc1Cl. The van der Waals surface area contributed by atoms with Crippen molar-refractivity contribution in [3.05, 3.63) is 92.5 Å². The number of ether oxygens (including phenoxy) is 1. The molecule has 0 fully saturated rings. The fourth-order valence-electron chi connectivity index (χ4n) is 5.25. The van der Waals surface area contributed by atoms with Gasteiger partial charge in [0.2, 0.25) is 5.78 Å². The number of aromatic nitrogens is 4. The lowest BCUT2D eigenvalue weighted by atomic mass is 10.0. The number of alkyl halides is 3. The minimum atomic E-state index is -4.59. The quantitative estimate of drug-likeness (QED) is 0.185. The fraction of sp³-hybridized carbons (Fsp3) is 0.323. The summed E-state index contributed by atoms with van der Waals surface area (Å²) in [6.45, 7) is 2.62. The lowest BCUT2D eigenvalue weighted by Crippen LogP contribution is -2.31. The van der Waals surface area contributed by atoms with Gasteiger partial charge in [-0.2, -0.15) is 22.7 Å². The lowest BCUT2D eigenvalue weighted by Gasteiger charge is -2.22. The molecule has 0 saturated heterocycles. The summed E-state index contributed by atoms with van der Waals surface area (Å²) < 4.78 is 70.8. The van der Waals surface area contributed by atoms with Crippen LogP contribution in [-0.4, -0.2) is 64.9 Å². The second-order valence-electron chi connectivity index (χ2n) is 10.8. The van der Waals surface area contributed by atoms with Crippen LogP contribution in [0.3, 0.4) is 0 Å². The van der Waals surface area contributed by atoms with Gasteiger partial charge in [0.05, 0.1) is 41.6 Å². The first-order valence-corrected chi connectivity index (χ1v) is 16.9. The Morgan fingerprint density at radius 2 is 1.96 bits per heavy atom. The standard InChI is InChI=1S/C31H32ClF3N6O5S/c1-3-25-27(21-7-4-5-8-23(21)36-13-6-16-47(2,44)45)29(43)41-30(38-28(39-41)19-11-14-46-15-12-19)40(25)18-26(42)37-24-10-9-20(17-22(24)32)31(33,34)35/h4-11,16-17,26,36-37,42H,3,12-15,18H2,1-2H3/b16-6-. The van der Waals surface area contributed by atoms with Crippen LogP contribution < -0.4 is 16.2 Å². The van der Waals surface area contributed by atoms with Crippen LogP contribution in [0.15, 0.2) is 64.8 Å². The maximum Gasteiger partial charge on any atom is 0.416 e. The van der Waals surface area contributed by atoms with Crippen LogP contribution >= 0.6 is 11.6 Å². The largest absolute Gasteiger partial charge is 0.416 e. The maximum absolute atomic E-state index is 14.2. The number of halogens is 4. The molecule has 4 aromatic rings. The van der Waals surface area contributed by atoms with Gasteiger partial charge in [0, 0.05) is 35.2 Å². The Hall–Kier alpha value is -4.18. The van der Waals surface area contributed by atoms with E-state index in [0.717, 1.165) is 40.0 Å². The van der Waals surface area contributed by atoms with Crippen LogP contribution in [0.4, 0.5) is 24.5 Å². The van der Waals surface area contributed by atoms with Crippen LogP contribution in [-0.2, 0) is 33.7 Å². The van der Waals surface area contributed by atoms with Crippen LogP contribution in [0.2, 0.25) is 5.02 Å². The average molecular weight is 693 g/mol. The predicted octanol–water partition coefficient (Wildman–Crippen LogP) is 5.00. The number of para-hydroxylation sites is 1. The molecule has 3 heterocycles. The van der Waals surface area contributed by atoms with Gasteiger partial charge in [-0.3, -0.25) is 4.79 Å². The number of benzene rings is 2. The predicted molar refractivity (Wildman–Crippen MR) is 174 cm³/mol. The Morgan fingerprint density at radius 1 is 1.19 bits per heavy atom. The Balaban J connectivity index is 1.61. The first-order chi connectivity index (χ1) is 22.3. The number of aliphatic hydroxyl groups is 1. The fourth-order valence-corrected chi connectivity index (χ4v) is 5.93. The average Bonchev–Trinajstić information content (AvgIpc) is 3.47. The molecule has 0 aliphatic carbocycles.